The predicted molar refractivity (Wildman–Crippen MR) is 81.9 cm³/mol. The minimum absolute atomic E-state index is 0.525. The van der Waals surface area contributed by atoms with E-state index in [1.165, 1.54) is 5.56 Å². The third-order valence-electron chi connectivity index (χ3n) is 3.38. The van der Waals surface area contributed by atoms with Crippen LogP contribution in [0.2, 0.25) is 0 Å². The smallest absolute Gasteiger partial charge is 0.225 e. The average molecular weight is 264 g/mol. The van der Waals surface area contributed by atoms with Crippen molar-refractivity contribution in [1.82, 2.24) is 15.3 Å². The van der Waals surface area contributed by atoms with Gasteiger partial charge in [0.2, 0.25) is 5.95 Å². The van der Waals surface area contributed by atoms with E-state index in [-0.39, 0.29) is 0 Å². The molecule has 19 heavy (non-hydrogen) atoms. The molecule has 1 N–H and O–H groups in total. The number of nitrogens with zero attached hydrogens (tertiary/aromatic N) is 3. The van der Waals surface area contributed by atoms with E-state index in [1.54, 1.807) is 0 Å². The van der Waals surface area contributed by atoms with E-state index in [0.29, 0.717) is 6.04 Å². The van der Waals surface area contributed by atoms with E-state index in [4.69, 9.17) is 0 Å². The minimum atomic E-state index is 0.525. The second-order valence-electron chi connectivity index (χ2n) is 5.20. The summed E-state index contributed by atoms with van der Waals surface area (Å²) in [5, 5.41) is 3.44. The summed E-state index contributed by atoms with van der Waals surface area (Å²) < 4.78 is 0. The first-order valence-electron chi connectivity index (χ1n) is 7.32. The molecule has 0 aliphatic carbocycles. The summed E-state index contributed by atoms with van der Waals surface area (Å²) in [6.07, 6.45) is 0.994. The molecule has 0 radical (unpaired) electrons. The Labute approximate surface area is 117 Å². The van der Waals surface area contributed by atoms with Crippen molar-refractivity contribution in [2.45, 2.75) is 54.0 Å². The molecule has 108 valence electrons. The third-order valence-corrected chi connectivity index (χ3v) is 3.38. The fraction of sp³-hybridized carbons (Fsp3) is 0.733. The highest BCUT2D eigenvalue weighted by molar-refractivity contribution is 5.36. The van der Waals surface area contributed by atoms with Crippen LogP contribution < -0.4 is 10.2 Å². The number of aryl methyl sites for hydroxylation is 2. The molecule has 0 atom stereocenters. The molecule has 0 saturated carbocycles. The first-order valence-corrected chi connectivity index (χ1v) is 7.32. The van der Waals surface area contributed by atoms with Crippen molar-refractivity contribution in [2.75, 3.05) is 24.5 Å². The van der Waals surface area contributed by atoms with Crippen LogP contribution in [0.15, 0.2) is 0 Å². The lowest BCUT2D eigenvalue weighted by Gasteiger charge is -2.21. The van der Waals surface area contributed by atoms with Gasteiger partial charge in [-0.3, -0.25) is 0 Å². The van der Waals surface area contributed by atoms with Gasteiger partial charge in [-0.2, -0.15) is 0 Å². The summed E-state index contributed by atoms with van der Waals surface area (Å²) in [5.41, 5.74) is 3.50. The molecule has 0 saturated heterocycles. The highest BCUT2D eigenvalue weighted by Crippen LogP contribution is 2.15. The van der Waals surface area contributed by atoms with Crippen molar-refractivity contribution >= 4 is 5.95 Å². The number of nitrogens with one attached hydrogen (secondary N) is 1. The second kappa shape index (κ2) is 7.43. The minimum Gasteiger partial charge on any atom is -0.341 e. The summed E-state index contributed by atoms with van der Waals surface area (Å²) in [6.45, 7) is 15.7. The van der Waals surface area contributed by atoms with Gasteiger partial charge < -0.3 is 10.2 Å². The molecule has 1 rings (SSSR count). The van der Waals surface area contributed by atoms with Crippen LogP contribution >= 0.6 is 0 Å². The molecule has 0 bridgehead atoms. The topological polar surface area (TPSA) is 41.1 Å². The Bertz CT molecular complexity index is 374. The van der Waals surface area contributed by atoms with Crippen molar-refractivity contribution in [3.63, 3.8) is 0 Å². The van der Waals surface area contributed by atoms with Gasteiger partial charge in [0, 0.05) is 30.5 Å². The highest BCUT2D eigenvalue weighted by Gasteiger charge is 2.11. The average Bonchev–Trinajstić information content (AvgIpc) is 2.34. The second-order valence-corrected chi connectivity index (χ2v) is 5.20. The van der Waals surface area contributed by atoms with Crippen LogP contribution in [-0.4, -0.2) is 35.6 Å². The Balaban J connectivity index is 2.85. The zero-order chi connectivity index (χ0) is 14.4. The van der Waals surface area contributed by atoms with Crippen LogP contribution in [0.3, 0.4) is 0 Å². The maximum Gasteiger partial charge on any atom is 0.225 e. The van der Waals surface area contributed by atoms with E-state index < -0.39 is 0 Å². The summed E-state index contributed by atoms with van der Waals surface area (Å²) in [4.78, 5) is 11.5. The summed E-state index contributed by atoms with van der Waals surface area (Å²) in [6, 6.07) is 0.525. The molecule has 4 heteroatoms. The summed E-state index contributed by atoms with van der Waals surface area (Å²) in [7, 11) is 0. The van der Waals surface area contributed by atoms with Gasteiger partial charge in [0.1, 0.15) is 0 Å². The maximum atomic E-state index is 4.66. The normalized spacial score (nSPS) is 11.1. The van der Waals surface area contributed by atoms with E-state index in [2.05, 4.69) is 61.7 Å². The van der Waals surface area contributed by atoms with Crippen molar-refractivity contribution in [3.05, 3.63) is 17.0 Å². The SMILES string of the molecule is CCN(CC)c1nc(C)c(CCNC(C)C)c(C)n1. The van der Waals surface area contributed by atoms with E-state index >= 15 is 0 Å². The maximum absolute atomic E-state index is 4.66. The molecule has 0 fully saturated rings. The molecule has 1 aromatic heterocycles. The van der Waals surface area contributed by atoms with Crippen molar-refractivity contribution < 1.29 is 0 Å². The molecule has 1 aromatic rings. The van der Waals surface area contributed by atoms with Crippen LogP contribution in [-0.2, 0) is 6.42 Å². The molecular formula is C15H28N4. The predicted octanol–water partition coefficient (Wildman–Crippen LogP) is 2.48. The molecule has 1 heterocycles. The van der Waals surface area contributed by atoms with Gasteiger partial charge in [0.25, 0.3) is 0 Å². The first kappa shape index (κ1) is 15.9. The number of hydrogen-bond acceptors (Lipinski definition) is 4. The van der Waals surface area contributed by atoms with Gasteiger partial charge in [0.05, 0.1) is 0 Å². The highest BCUT2D eigenvalue weighted by atomic mass is 15.2. The lowest BCUT2D eigenvalue weighted by atomic mass is 10.1. The Morgan fingerprint density at radius 1 is 1.05 bits per heavy atom. The molecule has 4 nitrogen and oxygen atoms in total. The van der Waals surface area contributed by atoms with Crippen molar-refractivity contribution in [3.8, 4) is 0 Å². The van der Waals surface area contributed by atoms with Gasteiger partial charge >= 0.3 is 0 Å². The quantitative estimate of drug-likeness (QED) is 0.821. The Morgan fingerprint density at radius 3 is 2.00 bits per heavy atom. The zero-order valence-electron chi connectivity index (χ0n) is 13.2. The molecule has 0 spiro atoms. The van der Waals surface area contributed by atoms with Crippen LogP contribution in [0.1, 0.15) is 44.6 Å². The van der Waals surface area contributed by atoms with Crippen LogP contribution in [0.25, 0.3) is 0 Å². The van der Waals surface area contributed by atoms with Crippen LogP contribution in [0.5, 0.6) is 0 Å². The lowest BCUT2D eigenvalue weighted by Crippen LogP contribution is -2.27. The van der Waals surface area contributed by atoms with Gasteiger partial charge in [-0.15, -0.1) is 0 Å². The van der Waals surface area contributed by atoms with Crippen LogP contribution in [0.4, 0.5) is 5.95 Å². The molecule has 0 unspecified atom stereocenters. The first-order chi connectivity index (χ1) is 8.99. The standard InChI is InChI=1S/C15H28N4/c1-7-19(8-2)15-17-12(5)14(13(6)18-15)9-10-16-11(3)4/h11,16H,7-10H2,1-6H3. The van der Waals surface area contributed by atoms with E-state index in [0.717, 1.165) is 43.4 Å². The van der Waals surface area contributed by atoms with Gasteiger partial charge in [-0.1, -0.05) is 13.8 Å². The van der Waals surface area contributed by atoms with Gasteiger partial charge in [-0.25, -0.2) is 9.97 Å². The van der Waals surface area contributed by atoms with E-state index in [9.17, 15) is 0 Å². The molecule has 0 aliphatic rings. The fourth-order valence-electron chi connectivity index (χ4n) is 2.22. The lowest BCUT2D eigenvalue weighted by molar-refractivity contribution is 0.587. The van der Waals surface area contributed by atoms with Crippen molar-refractivity contribution in [2.24, 2.45) is 0 Å². The van der Waals surface area contributed by atoms with Gasteiger partial charge in [0.15, 0.2) is 0 Å². The third kappa shape index (κ3) is 4.46. The van der Waals surface area contributed by atoms with Crippen LogP contribution in [0, 0.1) is 13.8 Å². The number of aromatic nitrogens is 2. The summed E-state index contributed by atoms with van der Waals surface area (Å²) in [5.74, 6) is 0.862. The molecule has 0 aliphatic heterocycles. The molecule has 0 aromatic carbocycles. The number of anilines is 1. The number of hydrogen-bond donors (Lipinski definition) is 1. The largest absolute Gasteiger partial charge is 0.341 e. The summed E-state index contributed by atoms with van der Waals surface area (Å²) >= 11 is 0. The van der Waals surface area contributed by atoms with Gasteiger partial charge in [-0.05, 0) is 46.2 Å². The zero-order valence-corrected chi connectivity index (χ0v) is 13.2. The Hall–Kier alpha value is -1.16. The van der Waals surface area contributed by atoms with E-state index in [1.807, 2.05) is 0 Å². The number of rotatable bonds is 7. The fourth-order valence-corrected chi connectivity index (χ4v) is 2.22. The molecular weight excluding hydrogens is 236 g/mol. The van der Waals surface area contributed by atoms with Crippen molar-refractivity contribution in [1.29, 1.82) is 0 Å². The Kier molecular flexibility index (Phi) is 6.22. The Morgan fingerprint density at radius 2 is 1.58 bits per heavy atom. The molecule has 0 amide bonds. The monoisotopic (exact) mass is 264 g/mol.